The zero-order valence-corrected chi connectivity index (χ0v) is 14.9. The van der Waals surface area contributed by atoms with Gasteiger partial charge in [-0.1, -0.05) is 29.5 Å². The number of rotatable bonds is 4. The van der Waals surface area contributed by atoms with Gasteiger partial charge in [0.1, 0.15) is 0 Å². The zero-order valence-electron chi connectivity index (χ0n) is 14.1. The first-order valence-electron chi connectivity index (χ1n) is 8.54. The summed E-state index contributed by atoms with van der Waals surface area (Å²) in [5.41, 5.74) is 1.84. The van der Waals surface area contributed by atoms with Gasteiger partial charge >= 0.3 is 0 Å². The molecule has 3 aromatic rings. The fraction of sp³-hybridized carbons (Fsp3) is 0.250. The van der Waals surface area contributed by atoms with Gasteiger partial charge in [0.25, 0.3) is 5.91 Å². The van der Waals surface area contributed by atoms with Crippen molar-refractivity contribution >= 4 is 32.6 Å². The number of amides is 1. The molecular formula is C20H17N3O2S. The Labute approximate surface area is 155 Å². The quantitative estimate of drug-likeness (QED) is 0.703. The molecule has 2 aromatic carbocycles. The van der Waals surface area contributed by atoms with Gasteiger partial charge in [0.2, 0.25) is 0 Å². The van der Waals surface area contributed by atoms with Crippen molar-refractivity contribution in [3.63, 3.8) is 0 Å². The lowest BCUT2D eigenvalue weighted by Crippen LogP contribution is -2.37. The van der Waals surface area contributed by atoms with E-state index in [1.165, 1.54) is 11.3 Å². The summed E-state index contributed by atoms with van der Waals surface area (Å²) < 4.78 is 6.78. The van der Waals surface area contributed by atoms with Crippen LogP contribution in [0.4, 0.5) is 5.13 Å². The van der Waals surface area contributed by atoms with Crippen molar-refractivity contribution in [3.8, 4) is 6.07 Å². The van der Waals surface area contributed by atoms with Gasteiger partial charge in [0.15, 0.2) is 5.13 Å². The van der Waals surface area contributed by atoms with E-state index in [0.717, 1.165) is 29.7 Å². The maximum atomic E-state index is 13.2. The van der Waals surface area contributed by atoms with Crippen molar-refractivity contribution in [3.05, 3.63) is 59.7 Å². The molecule has 6 heteroatoms. The maximum Gasteiger partial charge on any atom is 0.260 e. The average molecular weight is 363 g/mol. The van der Waals surface area contributed by atoms with Crippen LogP contribution >= 0.6 is 11.3 Å². The van der Waals surface area contributed by atoms with E-state index < -0.39 is 0 Å². The molecule has 1 atom stereocenters. The highest BCUT2D eigenvalue weighted by Gasteiger charge is 2.27. The van der Waals surface area contributed by atoms with E-state index >= 15 is 0 Å². The third-order valence-corrected chi connectivity index (χ3v) is 5.47. The molecule has 1 aliphatic rings. The lowest BCUT2D eigenvalue weighted by Gasteiger charge is -2.23. The number of nitrogens with zero attached hydrogens (tertiary/aromatic N) is 3. The summed E-state index contributed by atoms with van der Waals surface area (Å²) in [6.07, 6.45) is 1.97. The number of hydrogen-bond donors (Lipinski definition) is 0. The number of fused-ring (bicyclic) bond motifs is 1. The van der Waals surface area contributed by atoms with E-state index in [0.29, 0.717) is 22.8 Å². The first kappa shape index (κ1) is 16.7. The van der Waals surface area contributed by atoms with E-state index in [1.54, 1.807) is 29.2 Å². The Morgan fingerprint density at radius 3 is 2.96 bits per heavy atom. The molecular weight excluding hydrogens is 346 g/mol. The molecule has 0 saturated carbocycles. The number of aromatic nitrogens is 1. The summed E-state index contributed by atoms with van der Waals surface area (Å²) in [5, 5.41) is 9.78. The normalized spacial score (nSPS) is 16.5. The number of ether oxygens (including phenoxy) is 1. The highest BCUT2D eigenvalue weighted by molar-refractivity contribution is 7.22. The Hall–Kier alpha value is -2.75. The summed E-state index contributed by atoms with van der Waals surface area (Å²) in [6, 6.07) is 16.7. The molecule has 26 heavy (non-hydrogen) atoms. The fourth-order valence-electron chi connectivity index (χ4n) is 3.09. The Morgan fingerprint density at radius 2 is 2.19 bits per heavy atom. The van der Waals surface area contributed by atoms with Gasteiger partial charge in [-0.15, -0.1) is 0 Å². The summed E-state index contributed by atoms with van der Waals surface area (Å²) >= 11 is 1.50. The van der Waals surface area contributed by atoms with Gasteiger partial charge in [-0.05, 0) is 43.2 Å². The molecule has 1 aliphatic heterocycles. The lowest BCUT2D eigenvalue weighted by molar-refractivity contribution is 0.0917. The summed E-state index contributed by atoms with van der Waals surface area (Å²) in [6.45, 7) is 1.20. The third-order valence-electron chi connectivity index (χ3n) is 4.41. The van der Waals surface area contributed by atoms with Crippen molar-refractivity contribution in [2.45, 2.75) is 18.9 Å². The zero-order chi connectivity index (χ0) is 17.9. The van der Waals surface area contributed by atoms with Crippen molar-refractivity contribution in [2.75, 3.05) is 18.1 Å². The van der Waals surface area contributed by atoms with Crippen molar-refractivity contribution in [1.29, 1.82) is 5.26 Å². The standard InChI is InChI=1S/C20H17N3O2S/c21-12-14-5-3-6-15(11-14)19(24)23(13-16-7-4-10-25-16)20-22-17-8-1-2-9-18(17)26-20/h1-3,5-6,8-9,11,16H,4,7,10,13H2/t16-/m1/s1. The van der Waals surface area contributed by atoms with Crippen LogP contribution in [0.2, 0.25) is 0 Å². The molecule has 0 spiro atoms. The molecule has 5 nitrogen and oxygen atoms in total. The predicted molar refractivity (Wildman–Crippen MR) is 101 cm³/mol. The van der Waals surface area contributed by atoms with E-state index in [2.05, 4.69) is 11.1 Å². The monoisotopic (exact) mass is 363 g/mol. The Morgan fingerprint density at radius 1 is 1.31 bits per heavy atom. The van der Waals surface area contributed by atoms with E-state index in [4.69, 9.17) is 10.00 Å². The second kappa shape index (κ2) is 7.24. The molecule has 0 bridgehead atoms. The van der Waals surface area contributed by atoms with Crippen LogP contribution in [0.25, 0.3) is 10.2 Å². The highest BCUT2D eigenvalue weighted by atomic mass is 32.1. The minimum atomic E-state index is -0.156. The molecule has 0 radical (unpaired) electrons. The molecule has 1 amide bonds. The van der Waals surface area contributed by atoms with Gasteiger partial charge in [0.05, 0.1) is 34.5 Å². The topological polar surface area (TPSA) is 66.2 Å². The number of para-hydroxylation sites is 1. The average Bonchev–Trinajstić information content (AvgIpc) is 3.34. The van der Waals surface area contributed by atoms with Crippen LogP contribution in [0.1, 0.15) is 28.8 Å². The van der Waals surface area contributed by atoms with Crippen LogP contribution in [0, 0.1) is 11.3 Å². The first-order chi connectivity index (χ1) is 12.7. The lowest BCUT2D eigenvalue weighted by atomic mass is 10.1. The van der Waals surface area contributed by atoms with Crippen molar-refractivity contribution in [1.82, 2.24) is 4.98 Å². The number of anilines is 1. The van der Waals surface area contributed by atoms with Gasteiger partial charge in [0, 0.05) is 12.2 Å². The van der Waals surface area contributed by atoms with Crippen LogP contribution in [0.15, 0.2) is 48.5 Å². The van der Waals surface area contributed by atoms with Crippen LogP contribution in [-0.4, -0.2) is 30.1 Å². The summed E-state index contributed by atoms with van der Waals surface area (Å²) in [4.78, 5) is 19.5. The van der Waals surface area contributed by atoms with Crippen LogP contribution in [0.5, 0.6) is 0 Å². The van der Waals surface area contributed by atoms with Gasteiger partial charge in [-0.25, -0.2) is 4.98 Å². The highest BCUT2D eigenvalue weighted by Crippen LogP contribution is 2.30. The molecule has 1 saturated heterocycles. The SMILES string of the molecule is N#Cc1cccc(C(=O)N(C[C@H]2CCCO2)c2nc3ccccc3s2)c1. The first-order valence-corrected chi connectivity index (χ1v) is 9.35. The summed E-state index contributed by atoms with van der Waals surface area (Å²) in [7, 11) is 0. The minimum absolute atomic E-state index is 0.0186. The van der Waals surface area contributed by atoms with Crippen LogP contribution in [-0.2, 0) is 4.74 Å². The van der Waals surface area contributed by atoms with Crippen molar-refractivity contribution in [2.24, 2.45) is 0 Å². The van der Waals surface area contributed by atoms with Gasteiger partial charge in [-0.3, -0.25) is 9.69 Å². The second-order valence-electron chi connectivity index (χ2n) is 6.21. The number of nitriles is 1. The number of benzene rings is 2. The molecule has 1 fully saturated rings. The molecule has 130 valence electrons. The predicted octanol–water partition coefficient (Wildman–Crippen LogP) is 3.99. The number of thiazole rings is 1. The van der Waals surface area contributed by atoms with Crippen LogP contribution in [0.3, 0.4) is 0 Å². The Balaban J connectivity index is 1.71. The molecule has 0 N–H and O–H groups in total. The molecule has 4 rings (SSSR count). The smallest absolute Gasteiger partial charge is 0.260 e. The van der Waals surface area contributed by atoms with Crippen molar-refractivity contribution < 1.29 is 9.53 Å². The maximum absolute atomic E-state index is 13.2. The van der Waals surface area contributed by atoms with E-state index in [-0.39, 0.29) is 12.0 Å². The fourth-order valence-corrected chi connectivity index (χ4v) is 4.07. The minimum Gasteiger partial charge on any atom is -0.376 e. The molecule has 1 aromatic heterocycles. The summed E-state index contributed by atoms with van der Waals surface area (Å²) in [5.74, 6) is -0.156. The second-order valence-corrected chi connectivity index (χ2v) is 7.22. The van der Waals surface area contributed by atoms with Crippen LogP contribution < -0.4 is 4.90 Å². The third kappa shape index (κ3) is 3.32. The van der Waals surface area contributed by atoms with Gasteiger partial charge < -0.3 is 4.74 Å². The molecule has 2 heterocycles. The molecule has 0 unspecified atom stereocenters. The van der Waals surface area contributed by atoms with E-state index in [1.807, 2.05) is 24.3 Å². The largest absolute Gasteiger partial charge is 0.376 e. The van der Waals surface area contributed by atoms with E-state index in [9.17, 15) is 4.79 Å². The number of carbonyl (C=O) groups is 1. The Kier molecular flexibility index (Phi) is 4.65. The number of carbonyl (C=O) groups excluding carboxylic acids is 1. The van der Waals surface area contributed by atoms with Gasteiger partial charge in [-0.2, -0.15) is 5.26 Å². The number of hydrogen-bond acceptors (Lipinski definition) is 5. The molecule has 0 aliphatic carbocycles. The Bertz CT molecular complexity index is 953.